The summed E-state index contributed by atoms with van der Waals surface area (Å²) in [5.41, 5.74) is 16.3. The summed E-state index contributed by atoms with van der Waals surface area (Å²) < 4.78 is 0. The summed E-state index contributed by atoms with van der Waals surface area (Å²) in [5.74, 6) is 0.366. The van der Waals surface area contributed by atoms with Crippen LogP contribution >= 0.6 is 0 Å². The lowest BCUT2D eigenvalue weighted by atomic mass is 9.79. The Hall–Kier alpha value is -3.90. The average molecular weight is 535 g/mol. The third kappa shape index (κ3) is 5.29. The Labute approximate surface area is 247 Å². The number of benzene rings is 4. The molecule has 0 saturated carbocycles. The summed E-state index contributed by atoms with van der Waals surface area (Å²) in [6.07, 6.45) is 12.5. The fraction of sp³-hybridized carbons (Fsp3) is 0.268. The van der Waals surface area contributed by atoms with Crippen LogP contribution in [0.4, 0.5) is 0 Å². The van der Waals surface area contributed by atoms with Gasteiger partial charge in [-0.15, -0.1) is 0 Å². The topological polar surface area (TPSA) is 0 Å². The highest BCUT2D eigenvalue weighted by atomic mass is 14.3. The van der Waals surface area contributed by atoms with Gasteiger partial charge in [0.15, 0.2) is 0 Å². The number of hydrogen-bond donors (Lipinski definition) is 0. The Morgan fingerprint density at radius 3 is 1.78 bits per heavy atom. The van der Waals surface area contributed by atoms with Gasteiger partial charge in [0, 0.05) is 11.3 Å². The van der Waals surface area contributed by atoms with Crippen molar-refractivity contribution in [2.75, 3.05) is 0 Å². The SMILES string of the molecule is Cc1ccc(C(=CC(C)(C)c2ccc3c(c2)-c2cc(C(C)(C)C)cc(C4C=CC=C4)c2C3)c2ccc(C)cc2)cc1. The van der Waals surface area contributed by atoms with Crippen molar-refractivity contribution in [3.63, 3.8) is 0 Å². The molecular weight excluding hydrogens is 492 g/mol. The summed E-state index contributed by atoms with van der Waals surface area (Å²) in [7, 11) is 0. The zero-order valence-electron chi connectivity index (χ0n) is 25.7. The Morgan fingerprint density at radius 2 is 1.22 bits per heavy atom. The summed E-state index contributed by atoms with van der Waals surface area (Å²) in [6.45, 7) is 16.0. The Balaban J connectivity index is 1.47. The maximum absolute atomic E-state index is 2.48. The molecule has 0 aliphatic heterocycles. The standard InChI is InChI=1S/C41H42/c1-27-12-16-30(17-13-27)39(31-18-14-28(2)15-19-31)26-41(6,7)33-21-20-32-22-37-35(29-10-8-9-11-29)24-34(40(3,4)5)25-38(37)36(32)23-33/h8-21,23-26,29H,22H2,1-7H3. The minimum atomic E-state index is -0.162. The smallest absolute Gasteiger partial charge is 0.0208 e. The molecule has 0 N–H and O–H groups in total. The van der Waals surface area contributed by atoms with Crippen molar-refractivity contribution in [2.45, 2.75) is 71.6 Å². The number of aryl methyl sites for hydroxylation is 2. The lowest BCUT2D eigenvalue weighted by Gasteiger charge is -2.25. The molecule has 2 aliphatic carbocycles. The van der Waals surface area contributed by atoms with Crippen LogP contribution in [-0.2, 0) is 17.3 Å². The fourth-order valence-corrected chi connectivity index (χ4v) is 6.32. The molecule has 4 aromatic carbocycles. The molecule has 4 aromatic rings. The molecule has 0 nitrogen and oxygen atoms in total. The molecule has 206 valence electrons. The molecule has 0 heteroatoms. The molecule has 0 bridgehead atoms. The number of hydrogen-bond acceptors (Lipinski definition) is 0. The maximum atomic E-state index is 2.48. The largest absolute Gasteiger partial charge is 0.0732 e. The first-order valence-electron chi connectivity index (χ1n) is 15.0. The van der Waals surface area contributed by atoms with Crippen LogP contribution in [0.25, 0.3) is 16.7 Å². The monoisotopic (exact) mass is 534 g/mol. The van der Waals surface area contributed by atoms with E-state index < -0.39 is 0 Å². The number of fused-ring (bicyclic) bond motifs is 3. The van der Waals surface area contributed by atoms with Crippen molar-refractivity contribution in [1.29, 1.82) is 0 Å². The van der Waals surface area contributed by atoms with Gasteiger partial charge in [0.05, 0.1) is 0 Å². The molecule has 0 atom stereocenters. The van der Waals surface area contributed by atoms with E-state index in [1.165, 1.54) is 66.8 Å². The fourth-order valence-electron chi connectivity index (χ4n) is 6.32. The summed E-state index contributed by atoms with van der Waals surface area (Å²) in [4.78, 5) is 0. The second kappa shape index (κ2) is 10.2. The predicted molar refractivity (Wildman–Crippen MR) is 177 cm³/mol. The first kappa shape index (κ1) is 27.3. The van der Waals surface area contributed by atoms with Crippen LogP contribution in [0, 0.1) is 13.8 Å². The molecular formula is C41H42. The molecule has 0 unspecified atom stereocenters. The Bertz CT molecular complexity index is 1630. The second-order valence-electron chi connectivity index (χ2n) is 13.7. The Kier molecular flexibility index (Phi) is 6.77. The van der Waals surface area contributed by atoms with Crippen LogP contribution < -0.4 is 0 Å². The van der Waals surface area contributed by atoms with Crippen molar-refractivity contribution >= 4 is 5.57 Å². The van der Waals surface area contributed by atoms with Crippen LogP contribution in [0.15, 0.2) is 109 Å². The van der Waals surface area contributed by atoms with E-state index in [1.807, 2.05) is 0 Å². The van der Waals surface area contributed by atoms with Gasteiger partial charge in [0.2, 0.25) is 0 Å². The van der Waals surface area contributed by atoms with Gasteiger partial charge < -0.3 is 0 Å². The highest BCUT2D eigenvalue weighted by molar-refractivity contribution is 5.83. The van der Waals surface area contributed by atoms with Gasteiger partial charge in [-0.25, -0.2) is 0 Å². The van der Waals surface area contributed by atoms with Crippen LogP contribution in [0.2, 0.25) is 0 Å². The lowest BCUT2D eigenvalue weighted by Crippen LogP contribution is -2.15. The van der Waals surface area contributed by atoms with E-state index in [2.05, 4.69) is 158 Å². The van der Waals surface area contributed by atoms with Crippen molar-refractivity contribution in [3.8, 4) is 11.1 Å². The zero-order chi connectivity index (χ0) is 28.9. The van der Waals surface area contributed by atoms with Gasteiger partial charge in [0.1, 0.15) is 0 Å². The summed E-state index contributed by atoms with van der Waals surface area (Å²) >= 11 is 0. The first-order valence-corrected chi connectivity index (χ1v) is 15.0. The van der Waals surface area contributed by atoms with Crippen molar-refractivity contribution in [3.05, 3.63) is 159 Å². The van der Waals surface area contributed by atoms with E-state index in [1.54, 1.807) is 0 Å². The van der Waals surface area contributed by atoms with Crippen LogP contribution in [0.3, 0.4) is 0 Å². The van der Waals surface area contributed by atoms with Crippen LogP contribution in [-0.4, -0.2) is 0 Å². The molecule has 0 spiro atoms. The van der Waals surface area contributed by atoms with E-state index in [-0.39, 0.29) is 10.8 Å². The van der Waals surface area contributed by atoms with E-state index in [4.69, 9.17) is 0 Å². The number of allylic oxidation sites excluding steroid dienone is 5. The van der Waals surface area contributed by atoms with E-state index >= 15 is 0 Å². The van der Waals surface area contributed by atoms with Gasteiger partial charge in [-0.2, -0.15) is 0 Å². The molecule has 2 aliphatic rings. The van der Waals surface area contributed by atoms with E-state index in [0.717, 1.165) is 6.42 Å². The van der Waals surface area contributed by atoms with Crippen molar-refractivity contribution in [2.24, 2.45) is 0 Å². The summed E-state index contributed by atoms with van der Waals surface area (Å²) in [6, 6.07) is 30.1. The highest BCUT2D eigenvalue weighted by Crippen LogP contribution is 2.46. The lowest BCUT2D eigenvalue weighted by molar-refractivity contribution is 0.589. The van der Waals surface area contributed by atoms with Gasteiger partial charge in [-0.05, 0) is 87.4 Å². The third-order valence-corrected chi connectivity index (χ3v) is 9.00. The van der Waals surface area contributed by atoms with Crippen LogP contribution in [0.5, 0.6) is 0 Å². The first-order chi connectivity index (χ1) is 19.5. The zero-order valence-corrected chi connectivity index (χ0v) is 25.7. The van der Waals surface area contributed by atoms with Crippen LogP contribution in [0.1, 0.15) is 90.6 Å². The minimum Gasteiger partial charge on any atom is -0.0732 e. The highest BCUT2D eigenvalue weighted by Gasteiger charge is 2.29. The number of rotatable bonds is 5. The molecule has 6 rings (SSSR count). The van der Waals surface area contributed by atoms with Gasteiger partial charge in [-0.1, -0.05) is 149 Å². The van der Waals surface area contributed by atoms with Gasteiger partial charge in [-0.3, -0.25) is 0 Å². The van der Waals surface area contributed by atoms with Crippen molar-refractivity contribution in [1.82, 2.24) is 0 Å². The van der Waals surface area contributed by atoms with Gasteiger partial charge in [0.25, 0.3) is 0 Å². The second-order valence-corrected chi connectivity index (χ2v) is 13.7. The molecule has 0 heterocycles. The van der Waals surface area contributed by atoms with E-state index in [9.17, 15) is 0 Å². The van der Waals surface area contributed by atoms with Crippen molar-refractivity contribution < 1.29 is 0 Å². The predicted octanol–water partition coefficient (Wildman–Crippen LogP) is 10.8. The minimum absolute atomic E-state index is 0.0924. The Morgan fingerprint density at radius 1 is 0.659 bits per heavy atom. The summed E-state index contributed by atoms with van der Waals surface area (Å²) in [5, 5.41) is 0. The average Bonchev–Trinajstić information content (AvgIpc) is 3.60. The van der Waals surface area contributed by atoms with Gasteiger partial charge >= 0.3 is 0 Å². The third-order valence-electron chi connectivity index (χ3n) is 9.00. The maximum Gasteiger partial charge on any atom is 0.0208 e. The molecule has 41 heavy (non-hydrogen) atoms. The molecule has 0 radical (unpaired) electrons. The van der Waals surface area contributed by atoms with E-state index in [0.29, 0.717) is 5.92 Å². The molecule has 0 aromatic heterocycles. The molecule has 0 saturated heterocycles. The molecule has 0 fully saturated rings. The molecule has 0 amide bonds. The normalized spacial score (nSPS) is 14.3. The quantitative estimate of drug-likeness (QED) is 0.210.